The third kappa shape index (κ3) is 3.45. The van der Waals surface area contributed by atoms with Gasteiger partial charge >= 0.3 is 0 Å². The van der Waals surface area contributed by atoms with Crippen molar-refractivity contribution in [3.8, 4) is 0 Å². The molecule has 1 atom stereocenters. The highest BCUT2D eigenvalue weighted by Crippen LogP contribution is 2.18. The Morgan fingerprint density at radius 1 is 1.58 bits per heavy atom. The SMILES string of the molecule is CCN1CCCC1CN(C)C(=O)c1cccc(Cl)n1. The van der Waals surface area contributed by atoms with Gasteiger partial charge in [0.1, 0.15) is 10.8 Å². The molecule has 0 saturated carbocycles. The summed E-state index contributed by atoms with van der Waals surface area (Å²) in [6.45, 7) is 5.10. The lowest BCUT2D eigenvalue weighted by Gasteiger charge is -2.27. The van der Waals surface area contributed by atoms with Gasteiger partial charge in [0.25, 0.3) is 5.91 Å². The molecule has 0 aromatic carbocycles. The van der Waals surface area contributed by atoms with Gasteiger partial charge in [-0.3, -0.25) is 9.69 Å². The summed E-state index contributed by atoms with van der Waals surface area (Å²) >= 11 is 5.82. The molecule has 104 valence electrons. The Morgan fingerprint density at radius 2 is 2.37 bits per heavy atom. The summed E-state index contributed by atoms with van der Waals surface area (Å²) in [6.07, 6.45) is 2.38. The Labute approximate surface area is 119 Å². The minimum atomic E-state index is -0.0644. The predicted octanol–water partition coefficient (Wildman–Crippen LogP) is 2.29. The van der Waals surface area contributed by atoms with Gasteiger partial charge < -0.3 is 4.90 Å². The Hall–Kier alpha value is -1.13. The van der Waals surface area contributed by atoms with E-state index >= 15 is 0 Å². The Kier molecular flexibility index (Phi) is 4.77. The van der Waals surface area contributed by atoms with Crippen LogP contribution in [0.5, 0.6) is 0 Å². The second-order valence-corrected chi connectivity index (χ2v) is 5.34. The molecule has 1 aliphatic heterocycles. The Balaban J connectivity index is 1.99. The van der Waals surface area contributed by atoms with Crippen molar-refractivity contribution in [3.05, 3.63) is 29.0 Å². The van der Waals surface area contributed by atoms with Crippen LogP contribution in [0.4, 0.5) is 0 Å². The number of halogens is 1. The van der Waals surface area contributed by atoms with Crippen LogP contribution in [0.25, 0.3) is 0 Å². The summed E-state index contributed by atoms with van der Waals surface area (Å²) in [4.78, 5) is 20.5. The molecule has 0 aliphatic carbocycles. The van der Waals surface area contributed by atoms with E-state index in [9.17, 15) is 4.79 Å². The molecular weight excluding hydrogens is 262 g/mol. The van der Waals surface area contributed by atoms with Crippen LogP contribution in [0, 0.1) is 0 Å². The third-order valence-corrected chi connectivity index (χ3v) is 3.88. The van der Waals surface area contributed by atoms with Crippen molar-refractivity contribution in [2.24, 2.45) is 0 Å². The Bertz CT molecular complexity index is 452. The van der Waals surface area contributed by atoms with Crippen LogP contribution in [-0.2, 0) is 0 Å². The largest absolute Gasteiger partial charge is 0.339 e. The topological polar surface area (TPSA) is 36.4 Å². The highest BCUT2D eigenvalue weighted by Gasteiger charge is 2.26. The maximum Gasteiger partial charge on any atom is 0.272 e. The monoisotopic (exact) mass is 281 g/mol. The zero-order chi connectivity index (χ0) is 13.8. The molecule has 1 aromatic heterocycles. The van der Waals surface area contributed by atoms with Crippen molar-refractivity contribution in [1.82, 2.24) is 14.8 Å². The van der Waals surface area contributed by atoms with E-state index in [2.05, 4.69) is 16.8 Å². The number of nitrogens with zero attached hydrogens (tertiary/aromatic N) is 3. The van der Waals surface area contributed by atoms with Gasteiger partial charge in [0.15, 0.2) is 0 Å². The van der Waals surface area contributed by atoms with Gasteiger partial charge in [-0.25, -0.2) is 4.98 Å². The lowest BCUT2D eigenvalue weighted by Crippen LogP contribution is -2.41. The van der Waals surface area contributed by atoms with Gasteiger partial charge in [0.2, 0.25) is 0 Å². The number of hydrogen-bond acceptors (Lipinski definition) is 3. The highest BCUT2D eigenvalue weighted by atomic mass is 35.5. The summed E-state index contributed by atoms with van der Waals surface area (Å²) in [5, 5.41) is 0.357. The molecule has 1 amide bonds. The van der Waals surface area contributed by atoms with Crippen molar-refractivity contribution >= 4 is 17.5 Å². The first-order valence-corrected chi connectivity index (χ1v) is 7.11. The van der Waals surface area contributed by atoms with E-state index in [4.69, 9.17) is 11.6 Å². The average molecular weight is 282 g/mol. The zero-order valence-electron chi connectivity index (χ0n) is 11.5. The molecule has 1 aromatic rings. The summed E-state index contributed by atoms with van der Waals surface area (Å²) in [7, 11) is 1.83. The molecule has 4 nitrogen and oxygen atoms in total. The number of carbonyl (C=O) groups excluding carboxylic acids is 1. The van der Waals surface area contributed by atoms with Crippen LogP contribution in [0.1, 0.15) is 30.3 Å². The molecule has 1 saturated heterocycles. The van der Waals surface area contributed by atoms with E-state index in [1.807, 2.05) is 7.05 Å². The lowest BCUT2D eigenvalue weighted by molar-refractivity contribution is 0.0749. The minimum Gasteiger partial charge on any atom is -0.339 e. The predicted molar refractivity (Wildman–Crippen MR) is 76.5 cm³/mol. The minimum absolute atomic E-state index is 0.0644. The number of rotatable bonds is 4. The lowest BCUT2D eigenvalue weighted by atomic mass is 10.2. The maximum atomic E-state index is 12.3. The Morgan fingerprint density at radius 3 is 3.05 bits per heavy atom. The molecule has 0 radical (unpaired) electrons. The fourth-order valence-corrected chi connectivity index (χ4v) is 2.80. The van der Waals surface area contributed by atoms with Crippen LogP contribution in [0.3, 0.4) is 0 Å². The molecule has 0 bridgehead atoms. The quantitative estimate of drug-likeness (QED) is 0.795. The van der Waals surface area contributed by atoms with Crippen LogP contribution in [0.2, 0.25) is 5.15 Å². The zero-order valence-corrected chi connectivity index (χ0v) is 12.2. The number of pyridine rings is 1. The van der Waals surface area contributed by atoms with Crippen LogP contribution in [0.15, 0.2) is 18.2 Å². The number of amides is 1. The second-order valence-electron chi connectivity index (χ2n) is 4.96. The molecule has 0 N–H and O–H groups in total. The van der Waals surface area contributed by atoms with E-state index in [1.54, 1.807) is 23.1 Å². The standard InChI is InChI=1S/C14H20ClN3O/c1-3-18-9-5-6-11(18)10-17(2)14(19)12-7-4-8-13(15)16-12/h4,7-8,11H,3,5-6,9-10H2,1-2H3. The average Bonchev–Trinajstić information content (AvgIpc) is 2.85. The van der Waals surface area contributed by atoms with Crippen molar-refractivity contribution in [2.45, 2.75) is 25.8 Å². The number of likely N-dealkylation sites (N-methyl/N-ethyl adjacent to an activating group) is 2. The number of aromatic nitrogens is 1. The van der Waals surface area contributed by atoms with E-state index in [-0.39, 0.29) is 5.91 Å². The van der Waals surface area contributed by atoms with Crippen molar-refractivity contribution in [2.75, 3.05) is 26.7 Å². The molecule has 1 fully saturated rings. The van der Waals surface area contributed by atoms with Gasteiger partial charge in [0.05, 0.1) is 0 Å². The smallest absolute Gasteiger partial charge is 0.272 e. The summed E-state index contributed by atoms with van der Waals surface area (Å²) in [5.74, 6) is -0.0644. The van der Waals surface area contributed by atoms with Gasteiger partial charge in [-0.2, -0.15) is 0 Å². The molecule has 5 heteroatoms. The van der Waals surface area contributed by atoms with E-state index in [0.717, 1.165) is 26.1 Å². The summed E-state index contributed by atoms with van der Waals surface area (Å²) < 4.78 is 0. The second kappa shape index (κ2) is 6.35. The van der Waals surface area contributed by atoms with Gasteiger partial charge in [-0.15, -0.1) is 0 Å². The summed E-state index contributed by atoms with van der Waals surface area (Å²) in [6, 6.07) is 5.60. The molecule has 19 heavy (non-hydrogen) atoms. The van der Waals surface area contributed by atoms with Gasteiger partial charge in [-0.1, -0.05) is 24.6 Å². The van der Waals surface area contributed by atoms with Crippen LogP contribution >= 0.6 is 11.6 Å². The summed E-state index contributed by atoms with van der Waals surface area (Å²) in [5.41, 5.74) is 0.413. The highest BCUT2D eigenvalue weighted by molar-refractivity contribution is 6.29. The normalized spacial score (nSPS) is 19.6. The molecule has 1 aliphatic rings. The molecule has 2 heterocycles. The van der Waals surface area contributed by atoms with Gasteiger partial charge in [-0.05, 0) is 38.1 Å². The van der Waals surface area contributed by atoms with Crippen LogP contribution in [-0.4, -0.2) is 53.4 Å². The molecule has 1 unspecified atom stereocenters. The first-order valence-electron chi connectivity index (χ1n) is 6.74. The van der Waals surface area contributed by atoms with Crippen molar-refractivity contribution in [3.63, 3.8) is 0 Å². The van der Waals surface area contributed by atoms with Gasteiger partial charge in [0, 0.05) is 19.6 Å². The maximum absolute atomic E-state index is 12.3. The van der Waals surface area contributed by atoms with Crippen molar-refractivity contribution in [1.29, 1.82) is 0 Å². The molecule has 0 spiro atoms. The first-order chi connectivity index (χ1) is 9.11. The third-order valence-electron chi connectivity index (χ3n) is 3.67. The molecule has 2 rings (SSSR count). The molecular formula is C14H20ClN3O. The van der Waals surface area contributed by atoms with Crippen molar-refractivity contribution < 1.29 is 4.79 Å². The number of likely N-dealkylation sites (tertiary alicyclic amines) is 1. The first kappa shape index (κ1) is 14.3. The fraction of sp³-hybridized carbons (Fsp3) is 0.571. The van der Waals surface area contributed by atoms with E-state index in [1.165, 1.54) is 6.42 Å². The van der Waals surface area contributed by atoms with E-state index < -0.39 is 0 Å². The number of carbonyl (C=O) groups is 1. The van der Waals surface area contributed by atoms with E-state index in [0.29, 0.717) is 16.9 Å². The fourth-order valence-electron chi connectivity index (χ4n) is 2.64. The van der Waals surface area contributed by atoms with Crippen LogP contribution < -0.4 is 0 Å². The number of hydrogen-bond donors (Lipinski definition) is 0.